The molecule has 0 unspecified atom stereocenters. The second-order valence-electron chi connectivity index (χ2n) is 2.99. The van der Waals surface area contributed by atoms with Crippen LogP contribution in [-0.2, 0) is 6.54 Å². The maximum Gasteiger partial charge on any atom is 0.224 e. The fraction of sp³-hybridized carbons (Fsp3) is 0.111. The van der Waals surface area contributed by atoms with E-state index >= 15 is 0 Å². The van der Waals surface area contributed by atoms with Crippen LogP contribution in [-0.4, -0.2) is 9.97 Å². The minimum absolute atomic E-state index is 0.182. The van der Waals surface area contributed by atoms with Crippen molar-refractivity contribution < 1.29 is 0 Å². The number of anilines is 2. The summed E-state index contributed by atoms with van der Waals surface area (Å²) in [5, 5.41) is 5.31. The molecule has 0 aromatic carbocycles. The third-order valence-corrected chi connectivity index (χ3v) is 4.00. The van der Waals surface area contributed by atoms with Gasteiger partial charge in [-0.15, -0.1) is 11.3 Å². The Morgan fingerprint density at radius 2 is 2.38 bits per heavy atom. The molecule has 0 fully saturated rings. The second-order valence-corrected chi connectivity index (χ2v) is 5.18. The molecule has 0 radical (unpaired) electrons. The average Bonchev–Trinajstić information content (AvgIpc) is 2.66. The third kappa shape index (κ3) is 2.63. The second kappa shape index (κ2) is 4.99. The summed E-state index contributed by atoms with van der Waals surface area (Å²) >= 11 is 10.8. The lowest BCUT2D eigenvalue weighted by molar-refractivity contribution is 1.10. The Bertz CT molecular complexity index is 502. The Balaban J connectivity index is 2.10. The van der Waals surface area contributed by atoms with Crippen LogP contribution < -0.4 is 11.1 Å². The molecule has 0 saturated carbocycles. The molecular weight excluding hydrogens is 312 g/mol. The molecule has 3 N–H and O–H groups in total. The highest BCUT2D eigenvalue weighted by molar-refractivity contribution is 9.10. The Morgan fingerprint density at radius 3 is 3.06 bits per heavy atom. The van der Waals surface area contributed by atoms with E-state index in [1.54, 1.807) is 11.3 Å². The zero-order chi connectivity index (χ0) is 11.5. The molecule has 2 heterocycles. The van der Waals surface area contributed by atoms with E-state index in [2.05, 4.69) is 31.2 Å². The van der Waals surface area contributed by atoms with Crippen LogP contribution in [0.1, 0.15) is 4.88 Å². The maximum atomic E-state index is 5.71. The van der Waals surface area contributed by atoms with Gasteiger partial charge in [0.05, 0.1) is 18.4 Å². The van der Waals surface area contributed by atoms with Gasteiger partial charge in [-0.25, -0.2) is 4.98 Å². The van der Waals surface area contributed by atoms with Gasteiger partial charge in [0, 0.05) is 9.35 Å². The Hall–Kier alpha value is -0.850. The number of aromatic nitrogens is 2. The first kappa shape index (κ1) is 11.6. The van der Waals surface area contributed by atoms with E-state index in [9.17, 15) is 0 Å². The largest absolute Gasteiger partial charge is 0.394 e. The van der Waals surface area contributed by atoms with Crippen molar-refractivity contribution in [2.45, 2.75) is 6.54 Å². The van der Waals surface area contributed by atoms with E-state index in [1.807, 2.05) is 11.4 Å². The number of rotatable bonds is 3. The van der Waals surface area contributed by atoms with E-state index in [0.29, 0.717) is 18.1 Å². The van der Waals surface area contributed by atoms with Crippen LogP contribution >= 0.6 is 38.9 Å². The minimum atomic E-state index is 0.182. The van der Waals surface area contributed by atoms with Crippen molar-refractivity contribution in [3.63, 3.8) is 0 Å². The number of thiophene rings is 1. The minimum Gasteiger partial charge on any atom is -0.394 e. The van der Waals surface area contributed by atoms with E-state index in [-0.39, 0.29) is 5.28 Å². The van der Waals surface area contributed by atoms with Crippen molar-refractivity contribution >= 4 is 50.4 Å². The fourth-order valence-corrected chi connectivity index (χ4v) is 2.69. The molecule has 2 rings (SSSR count). The summed E-state index contributed by atoms with van der Waals surface area (Å²) < 4.78 is 1.07. The summed E-state index contributed by atoms with van der Waals surface area (Å²) in [6.07, 6.45) is 1.49. The van der Waals surface area contributed by atoms with Gasteiger partial charge < -0.3 is 11.1 Å². The van der Waals surface area contributed by atoms with Gasteiger partial charge in [0.1, 0.15) is 0 Å². The van der Waals surface area contributed by atoms with Gasteiger partial charge in [0.2, 0.25) is 5.28 Å². The van der Waals surface area contributed by atoms with Crippen molar-refractivity contribution in [3.8, 4) is 0 Å². The van der Waals surface area contributed by atoms with E-state index < -0.39 is 0 Å². The van der Waals surface area contributed by atoms with Crippen molar-refractivity contribution in [3.05, 3.63) is 32.3 Å². The van der Waals surface area contributed by atoms with E-state index in [1.165, 1.54) is 11.1 Å². The van der Waals surface area contributed by atoms with Gasteiger partial charge >= 0.3 is 0 Å². The van der Waals surface area contributed by atoms with Gasteiger partial charge in [-0.2, -0.15) is 4.98 Å². The first-order chi connectivity index (χ1) is 7.66. The highest BCUT2D eigenvalue weighted by Crippen LogP contribution is 2.24. The van der Waals surface area contributed by atoms with E-state index in [4.69, 9.17) is 17.3 Å². The highest BCUT2D eigenvalue weighted by atomic mass is 79.9. The summed E-state index contributed by atoms with van der Waals surface area (Å²) in [4.78, 5) is 8.97. The molecule has 84 valence electrons. The van der Waals surface area contributed by atoms with Crippen LogP contribution in [0.2, 0.25) is 5.28 Å². The lowest BCUT2D eigenvalue weighted by Crippen LogP contribution is -2.04. The van der Waals surface area contributed by atoms with Crippen LogP contribution in [0.4, 0.5) is 11.5 Å². The van der Waals surface area contributed by atoms with Gasteiger partial charge in [0.15, 0.2) is 5.82 Å². The molecule has 0 saturated heterocycles. The van der Waals surface area contributed by atoms with Crippen LogP contribution in [0.5, 0.6) is 0 Å². The van der Waals surface area contributed by atoms with Gasteiger partial charge in [-0.3, -0.25) is 0 Å². The monoisotopic (exact) mass is 318 g/mol. The molecule has 0 aliphatic heterocycles. The van der Waals surface area contributed by atoms with Crippen LogP contribution in [0.15, 0.2) is 22.1 Å². The van der Waals surface area contributed by atoms with Crippen LogP contribution in [0.3, 0.4) is 0 Å². The molecule has 7 heteroatoms. The van der Waals surface area contributed by atoms with Gasteiger partial charge in [-0.1, -0.05) is 0 Å². The Labute approximate surface area is 110 Å². The van der Waals surface area contributed by atoms with Crippen molar-refractivity contribution in [1.29, 1.82) is 0 Å². The number of nitrogen functional groups attached to an aromatic ring is 1. The van der Waals surface area contributed by atoms with Crippen LogP contribution in [0.25, 0.3) is 0 Å². The number of nitrogens with two attached hydrogens (primary N) is 1. The average molecular weight is 320 g/mol. The number of nitrogens with zero attached hydrogens (tertiary/aromatic N) is 2. The third-order valence-electron chi connectivity index (χ3n) is 1.90. The standard InChI is InChI=1S/C9H8BrClN4S/c10-5-1-2-16-7(5)4-13-8-6(12)3-14-9(11)15-8/h1-3H,4,12H2,(H,13,14,15). The SMILES string of the molecule is Nc1cnc(Cl)nc1NCc1sccc1Br. The lowest BCUT2D eigenvalue weighted by Gasteiger charge is -2.07. The fourth-order valence-electron chi connectivity index (χ4n) is 1.13. The molecule has 2 aromatic heterocycles. The first-order valence-electron chi connectivity index (χ1n) is 4.40. The molecule has 0 spiro atoms. The predicted molar refractivity (Wildman–Crippen MR) is 70.8 cm³/mol. The molecule has 0 amide bonds. The molecule has 0 aliphatic carbocycles. The van der Waals surface area contributed by atoms with Gasteiger partial charge in [0.25, 0.3) is 0 Å². The number of hydrogen-bond donors (Lipinski definition) is 2. The molecular formula is C9H8BrClN4S. The maximum absolute atomic E-state index is 5.71. The smallest absolute Gasteiger partial charge is 0.224 e. The molecule has 4 nitrogen and oxygen atoms in total. The summed E-state index contributed by atoms with van der Waals surface area (Å²) in [6.45, 7) is 0.649. The number of hydrogen-bond acceptors (Lipinski definition) is 5. The summed E-state index contributed by atoms with van der Waals surface area (Å²) in [5.41, 5.74) is 6.20. The highest BCUT2D eigenvalue weighted by Gasteiger charge is 2.05. The molecule has 16 heavy (non-hydrogen) atoms. The zero-order valence-corrected chi connectivity index (χ0v) is 11.2. The van der Waals surface area contributed by atoms with E-state index in [0.717, 1.165) is 4.47 Å². The zero-order valence-electron chi connectivity index (χ0n) is 8.08. The quantitative estimate of drug-likeness (QED) is 0.853. The molecule has 0 atom stereocenters. The Kier molecular flexibility index (Phi) is 3.63. The number of halogens is 2. The normalized spacial score (nSPS) is 10.4. The topological polar surface area (TPSA) is 63.8 Å². The molecule has 0 aliphatic rings. The van der Waals surface area contributed by atoms with Gasteiger partial charge in [-0.05, 0) is 39.0 Å². The summed E-state index contributed by atoms with van der Waals surface area (Å²) in [5.74, 6) is 0.556. The summed E-state index contributed by atoms with van der Waals surface area (Å²) in [7, 11) is 0. The van der Waals surface area contributed by atoms with Crippen molar-refractivity contribution in [1.82, 2.24) is 9.97 Å². The van der Waals surface area contributed by atoms with Crippen LogP contribution in [0, 0.1) is 0 Å². The predicted octanol–water partition coefficient (Wildman–Crippen LogP) is 3.15. The summed E-state index contributed by atoms with van der Waals surface area (Å²) in [6, 6.07) is 2.00. The Morgan fingerprint density at radius 1 is 1.56 bits per heavy atom. The van der Waals surface area contributed by atoms with Crippen molar-refractivity contribution in [2.75, 3.05) is 11.1 Å². The first-order valence-corrected chi connectivity index (χ1v) is 6.45. The molecule has 2 aromatic rings. The number of nitrogens with one attached hydrogen (secondary N) is 1. The molecule has 0 bridgehead atoms. The lowest BCUT2D eigenvalue weighted by atomic mass is 10.4. The van der Waals surface area contributed by atoms with Crippen molar-refractivity contribution in [2.24, 2.45) is 0 Å².